The Bertz CT molecular complexity index is 396. The number of thiocarbonyl (C=S) groups is 1. The summed E-state index contributed by atoms with van der Waals surface area (Å²) in [7, 11) is 0. The molecule has 1 amide bonds. The number of nitrogens with one attached hydrogen (secondary N) is 1. The molecule has 1 N–H and O–H groups in total. The fraction of sp³-hybridized carbons (Fsp3) is 0.583. The van der Waals surface area contributed by atoms with Gasteiger partial charge < -0.3 is 10.4 Å². The van der Waals surface area contributed by atoms with Gasteiger partial charge in [0.15, 0.2) is 5.11 Å². The maximum Gasteiger partial charge on any atom is 1.00 e. The van der Waals surface area contributed by atoms with Crippen LogP contribution >= 0.6 is 12.2 Å². The van der Waals surface area contributed by atoms with Crippen molar-refractivity contribution in [2.75, 3.05) is 0 Å². The molecule has 2 atom stereocenters. The molecule has 1 rings (SSSR count). The van der Waals surface area contributed by atoms with Crippen LogP contribution < -0.4 is 40.0 Å². The minimum absolute atomic E-state index is 0. The number of carbonyl (C=O) groups excluding carboxylic acids is 1. The largest absolute Gasteiger partial charge is 1.00 e. The van der Waals surface area contributed by atoms with Crippen molar-refractivity contribution in [2.45, 2.75) is 27.2 Å². The van der Waals surface area contributed by atoms with Crippen LogP contribution in [-0.4, -0.2) is 16.9 Å². The number of rotatable bonds is 4. The minimum atomic E-state index is -1.15. The van der Waals surface area contributed by atoms with Gasteiger partial charge in [-0.25, -0.2) is 4.99 Å². The minimum Gasteiger partial charge on any atom is -0.861 e. The van der Waals surface area contributed by atoms with Gasteiger partial charge in [-0.15, -0.1) is 6.58 Å². The first-order valence-corrected chi connectivity index (χ1v) is 5.99. The molecule has 18 heavy (non-hydrogen) atoms. The predicted molar refractivity (Wildman–Crippen MR) is 69.4 cm³/mol. The number of hydrogen-bond donors (Lipinski definition) is 1. The van der Waals surface area contributed by atoms with Gasteiger partial charge in [0.05, 0.1) is 5.41 Å². The van der Waals surface area contributed by atoms with Crippen molar-refractivity contribution in [3.63, 3.8) is 0 Å². The molecule has 0 bridgehead atoms. The van der Waals surface area contributed by atoms with E-state index < -0.39 is 11.3 Å². The van der Waals surface area contributed by atoms with Gasteiger partial charge in [-0.1, -0.05) is 26.8 Å². The van der Waals surface area contributed by atoms with E-state index in [0.29, 0.717) is 6.42 Å². The zero-order valence-corrected chi connectivity index (χ0v) is 14.1. The van der Waals surface area contributed by atoms with Gasteiger partial charge in [-0.3, -0.25) is 4.79 Å². The van der Waals surface area contributed by atoms with Gasteiger partial charge in [0.1, 0.15) is 0 Å². The van der Waals surface area contributed by atoms with E-state index in [2.05, 4.69) is 16.9 Å². The van der Waals surface area contributed by atoms with Crippen LogP contribution in [0, 0.1) is 17.3 Å². The van der Waals surface area contributed by atoms with Crippen LogP contribution in [0.15, 0.2) is 17.6 Å². The maximum absolute atomic E-state index is 12.1. The molecule has 1 aliphatic heterocycles. The van der Waals surface area contributed by atoms with E-state index in [9.17, 15) is 9.90 Å². The smallest absolute Gasteiger partial charge is 0.861 e. The van der Waals surface area contributed by atoms with E-state index in [1.807, 2.05) is 13.8 Å². The van der Waals surface area contributed by atoms with Crippen LogP contribution in [0.25, 0.3) is 0 Å². The topological polar surface area (TPSA) is 64.5 Å². The average Bonchev–Trinajstić information content (AvgIpc) is 2.22. The van der Waals surface area contributed by atoms with Crippen molar-refractivity contribution < 1.29 is 39.5 Å². The third-order valence-corrected chi connectivity index (χ3v) is 3.26. The van der Waals surface area contributed by atoms with Gasteiger partial charge >= 0.3 is 29.6 Å². The Labute approximate surface area is 135 Å². The molecule has 0 spiro atoms. The number of nitrogens with zero attached hydrogens (tertiary/aromatic N) is 1. The van der Waals surface area contributed by atoms with Crippen LogP contribution in [0.1, 0.15) is 27.2 Å². The molecule has 0 saturated heterocycles. The second-order valence-electron chi connectivity index (χ2n) is 4.77. The van der Waals surface area contributed by atoms with Crippen LogP contribution in [0.4, 0.5) is 0 Å². The fourth-order valence-corrected chi connectivity index (χ4v) is 2.31. The van der Waals surface area contributed by atoms with Crippen molar-refractivity contribution in [2.24, 2.45) is 22.2 Å². The summed E-state index contributed by atoms with van der Waals surface area (Å²) >= 11 is 4.75. The summed E-state index contributed by atoms with van der Waals surface area (Å²) in [6.07, 6.45) is 2.06. The number of hydrogen-bond acceptors (Lipinski definition) is 3. The van der Waals surface area contributed by atoms with Gasteiger partial charge in [-0.05, 0) is 36.4 Å². The molecule has 0 fully saturated rings. The third kappa shape index (κ3) is 3.20. The van der Waals surface area contributed by atoms with E-state index in [0.717, 1.165) is 0 Å². The molecule has 2 unspecified atom stereocenters. The summed E-state index contributed by atoms with van der Waals surface area (Å²) < 4.78 is 0. The number of amides is 1. The monoisotopic (exact) mass is 276 g/mol. The summed E-state index contributed by atoms with van der Waals surface area (Å²) in [5.41, 5.74) is -1.15. The van der Waals surface area contributed by atoms with Crippen LogP contribution in [0.2, 0.25) is 0 Å². The van der Waals surface area contributed by atoms with E-state index in [4.69, 9.17) is 12.2 Å². The molecule has 0 aromatic carbocycles. The number of aliphatic imine (C=N–C) groups is 1. The quantitative estimate of drug-likeness (QED) is 0.368. The van der Waals surface area contributed by atoms with Crippen molar-refractivity contribution in [1.82, 2.24) is 5.32 Å². The second kappa shape index (κ2) is 6.80. The molecule has 0 radical (unpaired) electrons. The van der Waals surface area contributed by atoms with Crippen molar-refractivity contribution in [3.8, 4) is 0 Å². The molecule has 6 heteroatoms. The van der Waals surface area contributed by atoms with E-state index in [1.165, 1.54) is 0 Å². The summed E-state index contributed by atoms with van der Waals surface area (Å²) in [4.78, 5) is 15.9. The normalized spacial score (nSPS) is 25.0. The molecular weight excluding hydrogens is 259 g/mol. The summed E-state index contributed by atoms with van der Waals surface area (Å²) in [6.45, 7) is 9.40. The average molecular weight is 276 g/mol. The number of carbonyl (C=O) groups is 1. The van der Waals surface area contributed by atoms with Crippen molar-refractivity contribution >= 4 is 29.1 Å². The first kappa shape index (κ1) is 17.8. The van der Waals surface area contributed by atoms with Crippen LogP contribution in [0.3, 0.4) is 0 Å². The van der Waals surface area contributed by atoms with Crippen LogP contribution in [0.5, 0.6) is 0 Å². The first-order chi connectivity index (χ1) is 7.84. The Kier molecular flexibility index (Phi) is 6.71. The molecule has 0 aromatic rings. The van der Waals surface area contributed by atoms with Gasteiger partial charge in [0.2, 0.25) is 5.91 Å². The molecule has 0 saturated carbocycles. The Morgan fingerprint density at radius 3 is 2.50 bits per heavy atom. The Balaban J connectivity index is 0.00000289. The molecular formula is C12H17N2NaO2S. The first-order valence-electron chi connectivity index (χ1n) is 5.58. The zero-order valence-electron chi connectivity index (χ0n) is 11.3. The van der Waals surface area contributed by atoms with Gasteiger partial charge in [0, 0.05) is 0 Å². The third-order valence-electron chi connectivity index (χ3n) is 3.07. The van der Waals surface area contributed by atoms with Crippen molar-refractivity contribution in [1.29, 1.82) is 0 Å². The van der Waals surface area contributed by atoms with Crippen molar-refractivity contribution in [3.05, 3.63) is 12.7 Å². The SMILES string of the molecule is C=CC(C)C1(CC(C)C)C(=O)NC(=S)N=C1[O-].[Na+]. The molecule has 0 aliphatic carbocycles. The molecule has 0 aromatic heterocycles. The number of allylic oxidation sites excluding steroid dienone is 1. The Morgan fingerprint density at radius 1 is 1.56 bits per heavy atom. The van der Waals surface area contributed by atoms with Gasteiger partial charge in [0.25, 0.3) is 0 Å². The standard InChI is InChI=1S/C12H18N2O2S.Na/c1-5-8(4)12(6-7(2)3)9(15)13-11(17)14-10(12)16;/h5,7-8H,1,6H2,2-4H3,(H2,13,14,15,16,17);/q;+1/p-1. The van der Waals surface area contributed by atoms with Crippen LogP contribution in [-0.2, 0) is 4.79 Å². The molecule has 1 aliphatic rings. The van der Waals surface area contributed by atoms with Gasteiger partial charge in [-0.2, -0.15) is 0 Å². The van der Waals surface area contributed by atoms with E-state index in [1.54, 1.807) is 13.0 Å². The molecule has 1 heterocycles. The predicted octanol–water partition coefficient (Wildman–Crippen LogP) is -1.98. The molecule has 4 nitrogen and oxygen atoms in total. The van der Waals surface area contributed by atoms with E-state index in [-0.39, 0.29) is 52.4 Å². The Morgan fingerprint density at radius 2 is 2.11 bits per heavy atom. The summed E-state index contributed by atoms with van der Waals surface area (Å²) in [5, 5.41) is 14.5. The fourth-order valence-electron chi connectivity index (χ4n) is 2.14. The maximum atomic E-state index is 12.1. The zero-order chi connectivity index (χ0) is 13.2. The van der Waals surface area contributed by atoms with E-state index >= 15 is 0 Å². The Hall–Kier alpha value is -0.230. The molecule has 94 valence electrons. The second-order valence-corrected chi connectivity index (χ2v) is 5.16. The summed E-state index contributed by atoms with van der Waals surface area (Å²) in [5.74, 6) is -0.880. The summed E-state index contributed by atoms with van der Waals surface area (Å²) in [6, 6.07) is 0.